The van der Waals surface area contributed by atoms with E-state index in [2.05, 4.69) is 21.3 Å². The zero-order chi connectivity index (χ0) is 47.7. The predicted molar refractivity (Wildman–Crippen MR) is 239 cm³/mol. The number of nitrogens with zero attached hydrogens (tertiary/aromatic N) is 2. The Balaban J connectivity index is 2.02. The van der Waals surface area contributed by atoms with Crippen molar-refractivity contribution in [2.45, 2.75) is 127 Å². The molecule has 21 nitrogen and oxygen atoms in total. The highest BCUT2D eigenvalue weighted by Crippen LogP contribution is 2.27. The number of hydrogen-bond donors (Lipinski definition) is 9. The molecule has 0 spiro atoms. The lowest BCUT2D eigenvalue weighted by molar-refractivity contribution is -0.155. The number of carbonyl (C=O) groups excluding carboxylic acids is 9. The smallest absolute Gasteiger partial charge is 0.247 e. The fourth-order valence-electron chi connectivity index (χ4n) is 7.24. The summed E-state index contributed by atoms with van der Waals surface area (Å²) in [6.45, 7) is 7.20. The Morgan fingerprint density at radius 3 is 2.25 bits per heavy atom. The molecule has 356 valence electrons. The molecule has 0 aromatic heterocycles. The van der Waals surface area contributed by atoms with Crippen LogP contribution in [0.4, 0.5) is 0 Å². The van der Waals surface area contributed by atoms with Gasteiger partial charge in [0.2, 0.25) is 53.2 Å². The molecule has 0 bridgehead atoms. The maximum atomic E-state index is 14.3. The Kier molecular flexibility index (Phi) is 21.8. The van der Waals surface area contributed by atoms with Gasteiger partial charge in [-0.15, -0.1) is 0 Å². The summed E-state index contributed by atoms with van der Waals surface area (Å²) in [5.41, 5.74) is 23.7. The Bertz CT molecular complexity index is 1820. The largest absolute Gasteiger partial charge is 0.494 e. The van der Waals surface area contributed by atoms with Gasteiger partial charge in [-0.2, -0.15) is 0 Å². The van der Waals surface area contributed by atoms with Crippen LogP contribution in [0, 0.1) is 5.92 Å². The molecule has 23 heteroatoms. The number of nitrogens with one attached hydrogen (secondary N) is 4. The Labute approximate surface area is 380 Å². The predicted octanol–water partition coefficient (Wildman–Crippen LogP) is -2.08. The number of imide groups is 1. The monoisotopic (exact) mass is 936 g/mol. The van der Waals surface area contributed by atoms with Crippen molar-refractivity contribution in [1.82, 2.24) is 31.1 Å². The molecule has 2 heterocycles. The first-order chi connectivity index (χ1) is 30.3. The summed E-state index contributed by atoms with van der Waals surface area (Å²) < 4.78 is 5.50. The molecule has 0 radical (unpaired) electrons. The fourth-order valence-corrected chi connectivity index (χ4v) is 9.38. The molecule has 1 aromatic rings. The van der Waals surface area contributed by atoms with Crippen LogP contribution >= 0.6 is 21.6 Å². The first kappa shape index (κ1) is 53.4. The van der Waals surface area contributed by atoms with E-state index in [0.29, 0.717) is 30.8 Å². The van der Waals surface area contributed by atoms with Gasteiger partial charge in [0.05, 0.1) is 25.2 Å². The van der Waals surface area contributed by atoms with E-state index in [1.54, 1.807) is 38.1 Å². The molecule has 2 fully saturated rings. The second-order valence-electron chi connectivity index (χ2n) is 15.8. The van der Waals surface area contributed by atoms with Crippen LogP contribution in [0.2, 0.25) is 0 Å². The summed E-state index contributed by atoms with van der Waals surface area (Å²) in [6.07, 6.45) is -1.17. The molecule has 0 unspecified atom stereocenters. The van der Waals surface area contributed by atoms with E-state index in [0.717, 1.165) is 26.5 Å². The molecule has 2 aliphatic heterocycles. The van der Waals surface area contributed by atoms with Gasteiger partial charge in [-0.3, -0.25) is 48.1 Å². The lowest BCUT2D eigenvalue weighted by Gasteiger charge is -2.35. The van der Waals surface area contributed by atoms with Crippen molar-refractivity contribution in [3.63, 3.8) is 0 Å². The summed E-state index contributed by atoms with van der Waals surface area (Å²) >= 11 is 0. The number of rotatable bonds is 17. The van der Waals surface area contributed by atoms with E-state index in [4.69, 9.17) is 27.7 Å². The minimum Gasteiger partial charge on any atom is -0.494 e. The van der Waals surface area contributed by atoms with Gasteiger partial charge in [0.1, 0.15) is 42.0 Å². The molecule has 2 aliphatic rings. The van der Waals surface area contributed by atoms with Gasteiger partial charge >= 0.3 is 0 Å². The summed E-state index contributed by atoms with van der Waals surface area (Å²) in [5.74, 6) is -8.02. The van der Waals surface area contributed by atoms with Gasteiger partial charge in [0, 0.05) is 24.5 Å². The minimum absolute atomic E-state index is 0.00951. The Morgan fingerprint density at radius 1 is 0.969 bits per heavy atom. The van der Waals surface area contributed by atoms with Crippen LogP contribution in [0.15, 0.2) is 24.3 Å². The van der Waals surface area contributed by atoms with Crippen LogP contribution in [0.5, 0.6) is 5.75 Å². The summed E-state index contributed by atoms with van der Waals surface area (Å²) in [4.78, 5) is 125. The highest BCUT2D eigenvalue weighted by atomic mass is 33.1. The van der Waals surface area contributed by atoms with Gasteiger partial charge in [-0.1, -0.05) is 54.0 Å². The van der Waals surface area contributed by atoms with Crippen molar-refractivity contribution in [1.29, 1.82) is 0 Å². The minimum atomic E-state index is -1.79. The molecule has 3 rings (SSSR count). The van der Waals surface area contributed by atoms with Crippen LogP contribution < -0.4 is 48.9 Å². The zero-order valence-electron chi connectivity index (χ0n) is 36.7. The molecule has 9 amide bonds. The van der Waals surface area contributed by atoms with Gasteiger partial charge in [-0.25, -0.2) is 0 Å². The number of hydrogen-bond acceptors (Lipinski definition) is 15. The van der Waals surface area contributed by atoms with Crippen LogP contribution in [0.1, 0.15) is 78.2 Å². The maximum Gasteiger partial charge on any atom is 0.247 e. The number of nitrogens with two attached hydrogens (primary N) is 4. The second kappa shape index (κ2) is 26.1. The quantitative estimate of drug-likeness (QED) is 0.0758. The first-order valence-corrected chi connectivity index (χ1v) is 23.9. The number of carbonyl (C=O) groups is 9. The van der Waals surface area contributed by atoms with Crippen molar-refractivity contribution in [2.75, 3.05) is 31.2 Å². The van der Waals surface area contributed by atoms with Gasteiger partial charge < -0.3 is 58.9 Å². The van der Waals surface area contributed by atoms with Gasteiger partial charge in [-0.05, 0) is 76.1 Å². The summed E-state index contributed by atoms with van der Waals surface area (Å²) in [7, 11) is 2.20. The third-order valence-electron chi connectivity index (χ3n) is 10.9. The average molecular weight is 937 g/mol. The number of likely N-dealkylation sites (tertiary alicyclic amines) is 1. The molecule has 2 saturated heterocycles. The first-order valence-electron chi connectivity index (χ1n) is 21.4. The van der Waals surface area contributed by atoms with Gasteiger partial charge in [0.25, 0.3) is 0 Å². The SMILES string of the molecule is CCOc1ccc(C[C@H](N)C(=O)N2C(=O)CCSSC[C@@H](C(=O)N3CCC[C@H]3C(=O)N[C@@H](CCCN)C(N)=O)NC(=O)[C@H](CC(N)=O)NC(=O)[C@H]([C@@H](C)O)NC(=O)[C@@H]2[C@@H](C)CC)cc1. The van der Waals surface area contributed by atoms with E-state index >= 15 is 0 Å². The van der Waals surface area contributed by atoms with Crippen molar-refractivity contribution in [3.8, 4) is 5.75 Å². The number of ether oxygens (including phenoxy) is 1. The third-order valence-corrected chi connectivity index (χ3v) is 13.3. The molecular weight excluding hydrogens is 873 g/mol. The number of benzene rings is 1. The Morgan fingerprint density at radius 2 is 1.66 bits per heavy atom. The van der Waals surface area contributed by atoms with Crippen LogP contribution in [-0.2, 0) is 49.6 Å². The van der Waals surface area contributed by atoms with E-state index < -0.39 is 114 Å². The topological polar surface area (TPSA) is 342 Å². The van der Waals surface area contributed by atoms with Gasteiger partial charge in [0.15, 0.2) is 0 Å². The lowest BCUT2D eigenvalue weighted by atomic mass is 9.94. The van der Waals surface area contributed by atoms with E-state index in [-0.39, 0.29) is 56.7 Å². The fraction of sp³-hybridized carbons (Fsp3) is 0.634. The number of aliphatic hydroxyl groups is 1. The second-order valence-corrected chi connectivity index (χ2v) is 18.4. The third kappa shape index (κ3) is 15.3. The average Bonchev–Trinajstić information content (AvgIpc) is 3.75. The van der Waals surface area contributed by atoms with Crippen LogP contribution in [0.25, 0.3) is 0 Å². The van der Waals surface area contributed by atoms with Crippen molar-refractivity contribution in [3.05, 3.63) is 29.8 Å². The highest BCUT2D eigenvalue weighted by Gasteiger charge is 2.43. The number of primary amides is 2. The molecule has 9 atom stereocenters. The van der Waals surface area contributed by atoms with E-state index in [1.807, 2.05) is 6.92 Å². The molecule has 13 N–H and O–H groups in total. The van der Waals surface area contributed by atoms with E-state index in [1.165, 1.54) is 11.8 Å². The molecule has 0 aliphatic carbocycles. The van der Waals surface area contributed by atoms with Crippen LogP contribution in [-0.4, -0.2) is 148 Å². The molecule has 0 saturated carbocycles. The lowest BCUT2D eigenvalue weighted by Crippen LogP contribution is -2.64. The zero-order valence-corrected chi connectivity index (χ0v) is 38.4. The molecule has 1 aromatic carbocycles. The van der Waals surface area contributed by atoms with Crippen LogP contribution in [0.3, 0.4) is 0 Å². The van der Waals surface area contributed by atoms with Crippen molar-refractivity contribution in [2.24, 2.45) is 28.9 Å². The maximum absolute atomic E-state index is 14.3. The Hall–Kier alpha value is -4.97. The van der Waals surface area contributed by atoms with E-state index in [9.17, 15) is 48.3 Å². The normalized spacial score (nSPS) is 23.6. The standard InChI is InChI=1S/C41H64N10O11S2/c1-5-22(3)34-39(59)49-33(23(4)52)38(58)47-28(20-31(44)53)36(56)48-29(41(61)50-17-8-10-30(50)37(57)46-27(35(45)55)9-7-16-42)21-64-63-18-15-32(54)51(34)40(60)26(43)19-24-11-13-25(14-12-24)62-6-2/h11-14,22-23,26-30,33-34,52H,5-10,15-21,42-43H2,1-4H3,(H2,44,53)(H2,45,55)(H,46,57)(H,47,58)(H,48,56)(H,49,59)/t22-,23+,26-,27-,28-,29-,30-,33-,34-/m0/s1. The molecular formula is C41H64N10O11S2. The highest BCUT2D eigenvalue weighted by molar-refractivity contribution is 8.76. The molecule has 64 heavy (non-hydrogen) atoms. The summed E-state index contributed by atoms with van der Waals surface area (Å²) in [5, 5.41) is 20.8. The van der Waals surface area contributed by atoms with Crippen molar-refractivity contribution >= 4 is 74.8 Å². The number of aliphatic hydroxyl groups excluding tert-OH is 1. The van der Waals surface area contributed by atoms with Crippen molar-refractivity contribution < 1.29 is 53.0 Å². The summed E-state index contributed by atoms with van der Waals surface area (Å²) in [6, 6.07) is -2.88. The number of amides is 9.